The monoisotopic (exact) mass is 233 g/mol. The van der Waals surface area contributed by atoms with Crippen LogP contribution in [0.15, 0.2) is 4.42 Å². The summed E-state index contributed by atoms with van der Waals surface area (Å²) in [6.45, 7) is 7.69. The second-order valence-electron chi connectivity index (χ2n) is 4.38. The molecule has 17 heavy (non-hydrogen) atoms. The number of carbonyl (C=O) groups excluding carboxylic acids is 1. The van der Waals surface area contributed by atoms with Crippen LogP contribution >= 0.6 is 0 Å². The van der Waals surface area contributed by atoms with Crippen molar-refractivity contribution < 1.29 is 9.21 Å². The molecule has 0 spiro atoms. The van der Waals surface area contributed by atoms with E-state index in [1.165, 1.54) is 0 Å². The maximum atomic E-state index is 11.1. The van der Waals surface area contributed by atoms with Crippen LogP contribution < -0.4 is 0 Å². The Morgan fingerprint density at radius 3 is 2.47 bits per heavy atom. The van der Waals surface area contributed by atoms with Gasteiger partial charge in [-0.05, 0) is 13.8 Å². The quantitative estimate of drug-likeness (QED) is 0.827. The molecule has 0 aliphatic carbocycles. The average Bonchev–Trinajstić information content (AvgIpc) is 2.82. The summed E-state index contributed by atoms with van der Waals surface area (Å²) in [5.41, 5.74) is 2.97. The summed E-state index contributed by atoms with van der Waals surface area (Å²) in [5.74, 6) is 1.16. The number of hydrogen-bond donors (Lipinski definition) is 1. The van der Waals surface area contributed by atoms with E-state index in [0.717, 1.165) is 17.7 Å². The third-order valence-corrected chi connectivity index (χ3v) is 2.69. The number of H-pyrrole nitrogens is 1. The van der Waals surface area contributed by atoms with E-state index in [9.17, 15) is 4.79 Å². The van der Waals surface area contributed by atoms with Gasteiger partial charge >= 0.3 is 0 Å². The fraction of sp³-hybridized carbons (Fsp3) is 0.417. The van der Waals surface area contributed by atoms with Gasteiger partial charge in [0.05, 0.1) is 5.56 Å². The van der Waals surface area contributed by atoms with Gasteiger partial charge in [-0.2, -0.15) is 0 Å². The Labute approximate surface area is 99.3 Å². The third kappa shape index (κ3) is 1.88. The summed E-state index contributed by atoms with van der Waals surface area (Å²) in [6.07, 6.45) is 0.813. The Kier molecular flexibility index (Phi) is 2.83. The first-order valence-corrected chi connectivity index (χ1v) is 5.52. The largest absolute Gasteiger partial charge is 0.420 e. The molecule has 0 aromatic carbocycles. The minimum Gasteiger partial charge on any atom is -0.420 e. The van der Waals surface area contributed by atoms with E-state index in [1.54, 1.807) is 0 Å². The van der Waals surface area contributed by atoms with Crippen molar-refractivity contribution >= 4 is 6.29 Å². The highest BCUT2D eigenvalue weighted by molar-refractivity contribution is 5.88. The number of aldehydes is 1. The first kappa shape index (κ1) is 11.6. The fourth-order valence-corrected chi connectivity index (χ4v) is 1.79. The first-order chi connectivity index (χ1) is 8.04. The van der Waals surface area contributed by atoms with Gasteiger partial charge in [-0.25, -0.2) is 0 Å². The number of carbonyl (C=O) groups is 1. The van der Waals surface area contributed by atoms with Crippen molar-refractivity contribution in [1.82, 2.24) is 15.2 Å². The second kappa shape index (κ2) is 4.16. The lowest BCUT2D eigenvalue weighted by atomic mass is 10.1. The Morgan fingerprint density at radius 1 is 1.24 bits per heavy atom. The SMILES string of the molecule is Cc1[nH]c(C)c(-c2nnc(C(C)C)o2)c1C=O. The number of aromatic nitrogens is 3. The highest BCUT2D eigenvalue weighted by atomic mass is 16.4. The minimum absolute atomic E-state index is 0.177. The molecule has 0 fully saturated rings. The number of aryl methyl sites for hydroxylation is 2. The Bertz CT molecular complexity index is 552. The molecule has 2 rings (SSSR count). The lowest BCUT2D eigenvalue weighted by Gasteiger charge is -1.96. The summed E-state index contributed by atoms with van der Waals surface area (Å²) in [6, 6.07) is 0. The highest BCUT2D eigenvalue weighted by Crippen LogP contribution is 2.28. The molecule has 0 amide bonds. The molecule has 0 atom stereocenters. The fourth-order valence-electron chi connectivity index (χ4n) is 1.79. The minimum atomic E-state index is 0.177. The zero-order chi connectivity index (χ0) is 12.6. The second-order valence-corrected chi connectivity index (χ2v) is 4.38. The molecule has 0 radical (unpaired) electrons. The summed E-state index contributed by atoms with van der Waals surface area (Å²) in [7, 11) is 0. The van der Waals surface area contributed by atoms with E-state index in [2.05, 4.69) is 15.2 Å². The average molecular weight is 233 g/mol. The molecule has 0 bridgehead atoms. The zero-order valence-corrected chi connectivity index (χ0v) is 10.4. The summed E-state index contributed by atoms with van der Waals surface area (Å²) >= 11 is 0. The Hall–Kier alpha value is -1.91. The normalized spacial score (nSPS) is 11.1. The molecule has 1 N–H and O–H groups in total. The number of hydrogen-bond acceptors (Lipinski definition) is 4. The van der Waals surface area contributed by atoms with Crippen LogP contribution in [0.4, 0.5) is 0 Å². The molecule has 0 unspecified atom stereocenters. The maximum Gasteiger partial charge on any atom is 0.250 e. The van der Waals surface area contributed by atoms with E-state index >= 15 is 0 Å². The predicted octanol–water partition coefficient (Wildman–Crippen LogP) is 2.62. The van der Waals surface area contributed by atoms with Gasteiger partial charge in [0.25, 0.3) is 0 Å². The van der Waals surface area contributed by atoms with Crippen molar-refractivity contribution in [1.29, 1.82) is 0 Å². The molecular weight excluding hydrogens is 218 g/mol. The van der Waals surface area contributed by atoms with E-state index in [4.69, 9.17) is 4.42 Å². The van der Waals surface area contributed by atoms with E-state index in [0.29, 0.717) is 22.9 Å². The lowest BCUT2D eigenvalue weighted by Crippen LogP contribution is -1.86. The van der Waals surface area contributed by atoms with Crippen LogP contribution in [0.5, 0.6) is 0 Å². The molecule has 0 saturated carbocycles. The molecule has 5 heteroatoms. The van der Waals surface area contributed by atoms with Crippen molar-refractivity contribution in [2.24, 2.45) is 0 Å². The smallest absolute Gasteiger partial charge is 0.250 e. The van der Waals surface area contributed by atoms with Crippen molar-refractivity contribution in [2.75, 3.05) is 0 Å². The number of nitrogens with one attached hydrogen (secondary N) is 1. The topological polar surface area (TPSA) is 71.8 Å². The van der Waals surface area contributed by atoms with Crippen molar-refractivity contribution in [3.63, 3.8) is 0 Å². The van der Waals surface area contributed by atoms with Crippen LogP contribution in [0.2, 0.25) is 0 Å². The molecule has 0 aliphatic rings. The van der Waals surface area contributed by atoms with E-state index < -0.39 is 0 Å². The van der Waals surface area contributed by atoms with Crippen LogP contribution in [0.1, 0.15) is 47.4 Å². The van der Waals surface area contributed by atoms with Crippen molar-refractivity contribution in [3.8, 4) is 11.5 Å². The van der Waals surface area contributed by atoms with E-state index in [-0.39, 0.29) is 5.92 Å². The summed E-state index contributed by atoms with van der Waals surface area (Å²) in [5, 5.41) is 7.97. The molecule has 90 valence electrons. The molecule has 5 nitrogen and oxygen atoms in total. The van der Waals surface area contributed by atoms with Crippen LogP contribution in [0.25, 0.3) is 11.5 Å². The lowest BCUT2D eigenvalue weighted by molar-refractivity contribution is 0.112. The first-order valence-electron chi connectivity index (χ1n) is 5.52. The van der Waals surface area contributed by atoms with Crippen LogP contribution in [0.3, 0.4) is 0 Å². The van der Waals surface area contributed by atoms with Gasteiger partial charge < -0.3 is 9.40 Å². The summed E-state index contributed by atoms with van der Waals surface area (Å²) in [4.78, 5) is 14.2. The van der Waals surface area contributed by atoms with Gasteiger partial charge in [-0.1, -0.05) is 13.8 Å². The number of nitrogens with zero attached hydrogens (tertiary/aromatic N) is 2. The predicted molar refractivity (Wildman–Crippen MR) is 63.0 cm³/mol. The molecule has 2 heterocycles. The third-order valence-electron chi connectivity index (χ3n) is 2.69. The molecule has 2 aromatic rings. The molecular formula is C12H15N3O2. The number of rotatable bonds is 3. The van der Waals surface area contributed by atoms with Gasteiger partial charge in [0.2, 0.25) is 11.8 Å². The van der Waals surface area contributed by atoms with Crippen LogP contribution in [-0.4, -0.2) is 21.5 Å². The van der Waals surface area contributed by atoms with Crippen molar-refractivity contribution in [3.05, 3.63) is 22.8 Å². The summed E-state index contributed by atoms with van der Waals surface area (Å²) < 4.78 is 5.57. The Morgan fingerprint density at radius 2 is 1.94 bits per heavy atom. The van der Waals surface area contributed by atoms with Gasteiger partial charge in [0.15, 0.2) is 6.29 Å². The maximum absolute atomic E-state index is 11.1. The van der Waals surface area contributed by atoms with Gasteiger partial charge in [-0.3, -0.25) is 4.79 Å². The van der Waals surface area contributed by atoms with Gasteiger partial charge in [0, 0.05) is 22.9 Å². The Balaban J connectivity index is 2.55. The van der Waals surface area contributed by atoms with Crippen molar-refractivity contribution in [2.45, 2.75) is 33.6 Å². The highest BCUT2D eigenvalue weighted by Gasteiger charge is 2.19. The molecule has 0 aliphatic heterocycles. The van der Waals surface area contributed by atoms with Gasteiger partial charge in [0.1, 0.15) is 0 Å². The molecule has 2 aromatic heterocycles. The van der Waals surface area contributed by atoms with Crippen LogP contribution in [-0.2, 0) is 0 Å². The number of aromatic amines is 1. The van der Waals surface area contributed by atoms with E-state index in [1.807, 2.05) is 27.7 Å². The zero-order valence-electron chi connectivity index (χ0n) is 10.4. The van der Waals surface area contributed by atoms with Crippen LogP contribution in [0, 0.1) is 13.8 Å². The van der Waals surface area contributed by atoms with Gasteiger partial charge in [-0.15, -0.1) is 10.2 Å². The molecule has 0 saturated heterocycles. The standard InChI is InChI=1S/C12H15N3O2/c1-6(2)11-14-15-12(17-11)10-8(4)13-7(3)9(10)5-16/h5-6,13H,1-4H3.